The normalized spacial score (nSPS) is 10.6. The second-order valence-corrected chi connectivity index (χ2v) is 4.10. The first kappa shape index (κ1) is 15.9. The monoisotopic (exact) mass is 268 g/mol. The number of methoxy groups -OCH3 is 1. The molecule has 0 unspecified atom stereocenters. The lowest BCUT2D eigenvalue weighted by Crippen LogP contribution is -2.10. The van der Waals surface area contributed by atoms with E-state index in [9.17, 15) is 0 Å². The summed E-state index contributed by atoms with van der Waals surface area (Å²) in [5.74, 6) is 0.907. The molecule has 0 saturated carbocycles. The van der Waals surface area contributed by atoms with E-state index < -0.39 is 0 Å². The predicted octanol–water partition coefficient (Wildman–Crippen LogP) is 2.08. The minimum atomic E-state index is 0.549. The molecule has 0 aliphatic rings. The molecule has 0 spiro atoms. The van der Waals surface area contributed by atoms with Gasteiger partial charge in [0.25, 0.3) is 0 Å². The smallest absolute Gasteiger partial charge is 0.131 e. The van der Waals surface area contributed by atoms with Gasteiger partial charge in [-0.05, 0) is 12.5 Å². The molecule has 108 valence electrons. The Labute approximate surface area is 115 Å². The molecule has 0 aliphatic carbocycles. The van der Waals surface area contributed by atoms with Gasteiger partial charge in [0.15, 0.2) is 0 Å². The second kappa shape index (κ2) is 10.7. The highest BCUT2D eigenvalue weighted by molar-refractivity contribution is 5.43. The van der Waals surface area contributed by atoms with Gasteiger partial charge in [0.05, 0.1) is 33.0 Å². The van der Waals surface area contributed by atoms with Crippen LogP contribution in [0, 0.1) is 0 Å². The van der Waals surface area contributed by atoms with E-state index in [-0.39, 0.29) is 0 Å². The van der Waals surface area contributed by atoms with Gasteiger partial charge in [-0.3, -0.25) is 0 Å². The molecule has 1 aromatic rings. The average molecular weight is 268 g/mol. The summed E-state index contributed by atoms with van der Waals surface area (Å²) in [5.41, 5.74) is 1.08. The molecular weight excluding hydrogens is 244 g/mol. The fraction of sp³-hybridized carbons (Fsp3) is 0.643. The van der Waals surface area contributed by atoms with Crippen LogP contribution in [0.25, 0.3) is 0 Å². The van der Waals surface area contributed by atoms with Crippen LogP contribution in [0.3, 0.4) is 0 Å². The number of anilines is 1. The molecular formula is C14H24N2O3. The van der Waals surface area contributed by atoms with E-state index >= 15 is 0 Å². The topological polar surface area (TPSA) is 52.6 Å². The first-order valence-electron chi connectivity index (χ1n) is 6.70. The van der Waals surface area contributed by atoms with Crippen molar-refractivity contribution in [3.63, 3.8) is 0 Å². The number of nitrogens with zero attached hydrogens (tertiary/aromatic N) is 1. The summed E-state index contributed by atoms with van der Waals surface area (Å²) in [6.07, 6.45) is 2.86. The summed E-state index contributed by atoms with van der Waals surface area (Å²) in [7, 11) is 1.66. The lowest BCUT2D eigenvalue weighted by molar-refractivity contribution is 0.0200. The van der Waals surface area contributed by atoms with Crippen molar-refractivity contribution in [2.45, 2.75) is 20.0 Å². The minimum absolute atomic E-state index is 0.549. The van der Waals surface area contributed by atoms with Crippen molar-refractivity contribution in [1.29, 1.82) is 0 Å². The number of ether oxygens (including phenoxy) is 3. The van der Waals surface area contributed by atoms with Crippen LogP contribution in [0.15, 0.2) is 18.3 Å². The summed E-state index contributed by atoms with van der Waals surface area (Å²) in [4.78, 5) is 4.32. The molecule has 5 nitrogen and oxygen atoms in total. The van der Waals surface area contributed by atoms with Gasteiger partial charge in [-0.15, -0.1) is 0 Å². The fourth-order valence-corrected chi connectivity index (χ4v) is 1.50. The maximum absolute atomic E-state index is 5.57. The average Bonchev–Trinajstić information content (AvgIpc) is 2.45. The molecule has 1 N–H and O–H groups in total. The van der Waals surface area contributed by atoms with Gasteiger partial charge < -0.3 is 19.5 Å². The van der Waals surface area contributed by atoms with Crippen LogP contribution in [0.1, 0.15) is 18.9 Å². The van der Waals surface area contributed by atoms with Gasteiger partial charge in [-0.1, -0.05) is 13.0 Å². The molecule has 0 bridgehead atoms. The number of nitrogens with one attached hydrogen (secondary N) is 1. The standard InChI is InChI=1S/C14H24N2O3/c1-3-6-15-14-13(5-4-7-16-14)12-19-11-10-18-9-8-17-2/h4-5,7H,3,6,8-12H2,1-2H3,(H,15,16). The van der Waals surface area contributed by atoms with Crippen LogP contribution in [0.5, 0.6) is 0 Å². The highest BCUT2D eigenvalue weighted by Gasteiger charge is 2.02. The number of aromatic nitrogens is 1. The summed E-state index contributed by atoms with van der Waals surface area (Å²) < 4.78 is 15.8. The Morgan fingerprint density at radius 1 is 1.16 bits per heavy atom. The number of hydrogen-bond acceptors (Lipinski definition) is 5. The number of rotatable bonds is 11. The first-order chi connectivity index (χ1) is 9.38. The maximum atomic E-state index is 5.57. The molecule has 0 radical (unpaired) electrons. The van der Waals surface area contributed by atoms with Crippen LogP contribution >= 0.6 is 0 Å². The fourth-order valence-electron chi connectivity index (χ4n) is 1.50. The Hall–Kier alpha value is -1.17. The largest absolute Gasteiger partial charge is 0.382 e. The third-order valence-electron chi connectivity index (χ3n) is 2.50. The second-order valence-electron chi connectivity index (χ2n) is 4.10. The van der Waals surface area contributed by atoms with E-state index in [0.29, 0.717) is 33.0 Å². The quantitative estimate of drug-likeness (QED) is 0.623. The van der Waals surface area contributed by atoms with Gasteiger partial charge in [0, 0.05) is 25.4 Å². The third-order valence-corrected chi connectivity index (χ3v) is 2.50. The van der Waals surface area contributed by atoms with Crippen LogP contribution in [0.2, 0.25) is 0 Å². The zero-order valence-corrected chi connectivity index (χ0v) is 11.9. The van der Waals surface area contributed by atoms with Crippen LogP contribution in [-0.2, 0) is 20.8 Å². The van der Waals surface area contributed by atoms with Crippen molar-refractivity contribution in [1.82, 2.24) is 4.98 Å². The Kier molecular flexibility index (Phi) is 8.97. The first-order valence-corrected chi connectivity index (χ1v) is 6.70. The van der Waals surface area contributed by atoms with E-state index in [2.05, 4.69) is 17.2 Å². The van der Waals surface area contributed by atoms with Crippen LogP contribution in [-0.4, -0.2) is 45.1 Å². The maximum Gasteiger partial charge on any atom is 0.131 e. The van der Waals surface area contributed by atoms with Gasteiger partial charge >= 0.3 is 0 Å². The SMILES string of the molecule is CCCNc1ncccc1COCCOCCOC. The Morgan fingerprint density at radius 3 is 2.74 bits per heavy atom. The summed E-state index contributed by atoms with van der Waals surface area (Å²) >= 11 is 0. The van der Waals surface area contributed by atoms with Crippen LogP contribution in [0.4, 0.5) is 5.82 Å². The molecule has 0 aromatic carbocycles. The molecule has 0 atom stereocenters. The summed E-state index contributed by atoms with van der Waals surface area (Å²) in [6.45, 7) is 5.98. The van der Waals surface area contributed by atoms with Crippen molar-refractivity contribution in [3.8, 4) is 0 Å². The third kappa shape index (κ3) is 7.10. The van der Waals surface area contributed by atoms with Gasteiger partial charge in [0.1, 0.15) is 5.82 Å². The highest BCUT2D eigenvalue weighted by Crippen LogP contribution is 2.12. The zero-order chi connectivity index (χ0) is 13.8. The van der Waals surface area contributed by atoms with E-state index in [1.165, 1.54) is 0 Å². The van der Waals surface area contributed by atoms with E-state index in [4.69, 9.17) is 14.2 Å². The van der Waals surface area contributed by atoms with Crippen molar-refractivity contribution in [2.75, 3.05) is 45.4 Å². The van der Waals surface area contributed by atoms with Crippen molar-refractivity contribution in [3.05, 3.63) is 23.9 Å². The summed E-state index contributed by atoms with van der Waals surface area (Å²) in [5, 5.41) is 3.29. The number of pyridine rings is 1. The minimum Gasteiger partial charge on any atom is -0.382 e. The van der Waals surface area contributed by atoms with E-state index in [1.807, 2.05) is 12.1 Å². The summed E-state index contributed by atoms with van der Waals surface area (Å²) in [6, 6.07) is 3.95. The molecule has 1 heterocycles. The Bertz CT molecular complexity index is 334. The molecule has 19 heavy (non-hydrogen) atoms. The van der Waals surface area contributed by atoms with Crippen LogP contribution < -0.4 is 5.32 Å². The van der Waals surface area contributed by atoms with Crippen molar-refractivity contribution < 1.29 is 14.2 Å². The molecule has 1 rings (SSSR count). The lowest BCUT2D eigenvalue weighted by atomic mass is 10.2. The van der Waals surface area contributed by atoms with Gasteiger partial charge in [0.2, 0.25) is 0 Å². The molecule has 0 fully saturated rings. The lowest BCUT2D eigenvalue weighted by Gasteiger charge is -2.10. The van der Waals surface area contributed by atoms with Gasteiger partial charge in [-0.25, -0.2) is 4.98 Å². The molecule has 0 saturated heterocycles. The Balaban J connectivity index is 2.21. The van der Waals surface area contributed by atoms with Crippen molar-refractivity contribution >= 4 is 5.82 Å². The predicted molar refractivity (Wildman–Crippen MR) is 75.4 cm³/mol. The highest BCUT2D eigenvalue weighted by atomic mass is 16.5. The van der Waals surface area contributed by atoms with Crippen molar-refractivity contribution in [2.24, 2.45) is 0 Å². The van der Waals surface area contributed by atoms with E-state index in [0.717, 1.165) is 24.3 Å². The van der Waals surface area contributed by atoms with E-state index in [1.54, 1.807) is 13.3 Å². The van der Waals surface area contributed by atoms with Gasteiger partial charge in [-0.2, -0.15) is 0 Å². The molecule has 5 heteroatoms. The number of hydrogen-bond donors (Lipinski definition) is 1. The zero-order valence-electron chi connectivity index (χ0n) is 11.9. The Morgan fingerprint density at radius 2 is 1.95 bits per heavy atom. The molecule has 0 aliphatic heterocycles. The molecule has 0 amide bonds. The molecule has 1 aromatic heterocycles.